The highest BCUT2D eigenvalue weighted by molar-refractivity contribution is 5.95. The Morgan fingerprint density at radius 2 is 2.15 bits per heavy atom. The quantitative estimate of drug-likeness (QED) is 0.886. The van der Waals surface area contributed by atoms with Crippen molar-refractivity contribution in [1.29, 1.82) is 0 Å². The van der Waals surface area contributed by atoms with E-state index < -0.39 is 5.91 Å². The van der Waals surface area contributed by atoms with Gasteiger partial charge in [0.05, 0.1) is 11.3 Å². The first-order valence-corrected chi connectivity index (χ1v) is 6.48. The van der Waals surface area contributed by atoms with E-state index in [1.165, 1.54) is 5.56 Å². The van der Waals surface area contributed by atoms with Gasteiger partial charge in [0.15, 0.2) is 0 Å². The van der Waals surface area contributed by atoms with Crippen LogP contribution in [0.4, 0.5) is 5.82 Å². The highest BCUT2D eigenvalue weighted by Gasteiger charge is 2.13. The molecule has 1 aromatic heterocycles. The summed E-state index contributed by atoms with van der Waals surface area (Å²) < 4.78 is 5.65. The number of carbonyl (C=O) groups is 1. The number of benzene rings is 1. The van der Waals surface area contributed by atoms with Crippen LogP contribution in [-0.2, 0) is 13.0 Å². The minimum atomic E-state index is -0.496. The Balaban J connectivity index is 1.75. The van der Waals surface area contributed by atoms with Crippen molar-refractivity contribution < 1.29 is 9.53 Å². The van der Waals surface area contributed by atoms with Crippen LogP contribution in [0.2, 0.25) is 0 Å². The van der Waals surface area contributed by atoms with E-state index in [0.29, 0.717) is 17.9 Å². The zero-order valence-corrected chi connectivity index (χ0v) is 10.9. The second-order valence-electron chi connectivity index (χ2n) is 4.64. The van der Waals surface area contributed by atoms with Crippen LogP contribution in [0.3, 0.4) is 0 Å². The monoisotopic (exact) mass is 269 g/mol. The highest BCUT2D eigenvalue weighted by atomic mass is 16.5. The molecule has 0 bridgehead atoms. The summed E-state index contributed by atoms with van der Waals surface area (Å²) in [6.45, 7) is 1.23. The zero-order valence-electron chi connectivity index (χ0n) is 10.9. The number of nitrogens with zero attached hydrogens (tertiary/aromatic N) is 1. The first kappa shape index (κ1) is 12.5. The third kappa shape index (κ3) is 2.42. The molecule has 1 aliphatic rings. The average Bonchev–Trinajstić information content (AvgIpc) is 2.92. The fourth-order valence-electron chi connectivity index (χ4n) is 2.23. The molecule has 1 aliphatic heterocycles. The van der Waals surface area contributed by atoms with E-state index in [2.05, 4.69) is 16.4 Å². The number of hydrogen-bond donors (Lipinski definition) is 2. The molecule has 0 unspecified atom stereocenters. The lowest BCUT2D eigenvalue weighted by molar-refractivity contribution is 0.0996. The second kappa shape index (κ2) is 5.21. The molecular weight excluding hydrogens is 254 g/mol. The van der Waals surface area contributed by atoms with Crippen LogP contribution in [-0.4, -0.2) is 17.4 Å². The smallest absolute Gasteiger partial charge is 0.252 e. The molecule has 3 N–H and O–H groups in total. The van der Waals surface area contributed by atoms with Crippen molar-refractivity contribution in [2.45, 2.75) is 13.0 Å². The summed E-state index contributed by atoms with van der Waals surface area (Å²) in [6.07, 6.45) is 1.01. The minimum Gasteiger partial charge on any atom is -0.486 e. The second-order valence-corrected chi connectivity index (χ2v) is 4.64. The normalized spacial score (nSPS) is 12.6. The highest BCUT2D eigenvalue weighted by Crippen LogP contribution is 2.22. The molecule has 0 radical (unpaired) electrons. The maximum atomic E-state index is 11.3. The van der Waals surface area contributed by atoms with Crippen LogP contribution < -0.4 is 15.8 Å². The number of hydrogen-bond acceptors (Lipinski definition) is 4. The van der Waals surface area contributed by atoms with Crippen LogP contribution in [0, 0.1) is 0 Å². The van der Waals surface area contributed by atoms with Crippen molar-refractivity contribution in [1.82, 2.24) is 4.98 Å². The van der Waals surface area contributed by atoms with Crippen LogP contribution in [0.1, 0.15) is 21.6 Å². The van der Waals surface area contributed by atoms with E-state index in [-0.39, 0.29) is 0 Å². The minimum absolute atomic E-state index is 0.305. The molecular formula is C15H15N3O2. The Morgan fingerprint density at radius 3 is 3.00 bits per heavy atom. The standard InChI is InChI=1S/C15H15N3O2/c16-14(19)12-3-1-2-4-13(12)20-9-11-6-5-10-7-8-17-15(10)18-11/h1-6H,7-9H2,(H2,16,19)(H,17,18). The summed E-state index contributed by atoms with van der Waals surface area (Å²) in [4.78, 5) is 15.8. The van der Waals surface area contributed by atoms with Crippen molar-refractivity contribution in [3.63, 3.8) is 0 Å². The molecule has 0 spiro atoms. The third-order valence-electron chi connectivity index (χ3n) is 3.25. The molecule has 0 aliphatic carbocycles. The van der Waals surface area contributed by atoms with E-state index in [4.69, 9.17) is 10.5 Å². The van der Waals surface area contributed by atoms with Gasteiger partial charge in [-0.1, -0.05) is 18.2 Å². The van der Waals surface area contributed by atoms with E-state index in [0.717, 1.165) is 24.5 Å². The number of anilines is 1. The number of pyridine rings is 1. The maximum Gasteiger partial charge on any atom is 0.252 e. The number of rotatable bonds is 4. The summed E-state index contributed by atoms with van der Waals surface area (Å²) in [5.74, 6) is 0.911. The molecule has 2 aromatic rings. The number of nitrogens with two attached hydrogens (primary N) is 1. The van der Waals surface area contributed by atoms with Crippen LogP contribution in [0.25, 0.3) is 0 Å². The lowest BCUT2D eigenvalue weighted by atomic mass is 10.2. The molecule has 5 heteroatoms. The lowest BCUT2D eigenvalue weighted by Gasteiger charge is -2.09. The Bertz CT molecular complexity index is 655. The molecule has 5 nitrogen and oxygen atoms in total. The van der Waals surface area contributed by atoms with Gasteiger partial charge in [0, 0.05) is 6.54 Å². The fraction of sp³-hybridized carbons (Fsp3) is 0.200. The number of amides is 1. The van der Waals surface area contributed by atoms with Gasteiger partial charge in [-0.25, -0.2) is 4.98 Å². The third-order valence-corrected chi connectivity index (χ3v) is 3.25. The van der Waals surface area contributed by atoms with Crippen molar-refractivity contribution in [2.24, 2.45) is 5.73 Å². The summed E-state index contributed by atoms with van der Waals surface area (Å²) in [5.41, 5.74) is 7.74. The SMILES string of the molecule is NC(=O)c1ccccc1OCc1ccc2c(n1)NCC2. The van der Waals surface area contributed by atoms with Gasteiger partial charge < -0.3 is 15.8 Å². The van der Waals surface area contributed by atoms with Gasteiger partial charge in [0.25, 0.3) is 5.91 Å². The molecule has 0 atom stereocenters. The lowest BCUT2D eigenvalue weighted by Crippen LogP contribution is -2.13. The van der Waals surface area contributed by atoms with Gasteiger partial charge >= 0.3 is 0 Å². The Hall–Kier alpha value is -2.56. The molecule has 0 saturated heterocycles. The average molecular weight is 269 g/mol. The van der Waals surface area contributed by atoms with E-state index in [1.54, 1.807) is 24.3 Å². The first-order chi connectivity index (χ1) is 9.74. The van der Waals surface area contributed by atoms with Gasteiger partial charge in [0.2, 0.25) is 0 Å². The predicted molar refractivity (Wildman–Crippen MR) is 75.7 cm³/mol. The zero-order chi connectivity index (χ0) is 13.9. The molecule has 1 aromatic carbocycles. The van der Waals surface area contributed by atoms with Crippen LogP contribution in [0.15, 0.2) is 36.4 Å². The summed E-state index contributed by atoms with van der Waals surface area (Å²) in [6, 6.07) is 10.9. The Labute approximate surface area is 116 Å². The predicted octanol–water partition coefficient (Wildman–Crippen LogP) is 1.73. The number of primary amides is 1. The summed E-state index contributed by atoms with van der Waals surface area (Å²) in [5, 5.41) is 3.23. The molecule has 102 valence electrons. The van der Waals surface area contributed by atoms with Gasteiger partial charge in [-0.3, -0.25) is 4.79 Å². The van der Waals surface area contributed by atoms with Gasteiger partial charge in [-0.2, -0.15) is 0 Å². The topological polar surface area (TPSA) is 77.2 Å². The van der Waals surface area contributed by atoms with Crippen LogP contribution in [0.5, 0.6) is 5.75 Å². The van der Waals surface area contributed by atoms with Crippen LogP contribution >= 0.6 is 0 Å². The number of carbonyl (C=O) groups excluding carboxylic acids is 1. The summed E-state index contributed by atoms with van der Waals surface area (Å²) >= 11 is 0. The van der Waals surface area contributed by atoms with E-state index >= 15 is 0 Å². The Kier molecular flexibility index (Phi) is 3.25. The molecule has 3 rings (SSSR count). The molecule has 2 heterocycles. The number of nitrogens with one attached hydrogen (secondary N) is 1. The number of aromatic nitrogens is 1. The van der Waals surface area contributed by atoms with Crippen molar-refractivity contribution in [3.8, 4) is 5.75 Å². The van der Waals surface area contributed by atoms with Gasteiger partial charge in [-0.15, -0.1) is 0 Å². The number of fused-ring (bicyclic) bond motifs is 1. The molecule has 0 fully saturated rings. The molecule has 0 saturated carbocycles. The maximum absolute atomic E-state index is 11.3. The van der Waals surface area contributed by atoms with E-state index in [1.807, 2.05) is 6.07 Å². The largest absolute Gasteiger partial charge is 0.486 e. The molecule has 1 amide bonds. The Morgan fingerprint density at radius 1 is 1.30 bits per heavy atom. The van der Waals surface area contributed by atoms with Gasteiger partial charge in [-0.05, 0) is 30.2 Å². The van der Waals surface area contributed by atoms with Gasteiger partial charge in [0.1, 0.15) is 18.2 Å². The number of ether oxygens (including phenoxy) is 1. The first-order valence-electron chi connectivity index (χ1n) is 6.48. The van der Waals surface area contributed by atoms with Crippen molar-refractivity contribution in [2.75, 3.05) is 11.9 Å². The van der Waals surface area contributed by atoms with Crippen molar-refractivity contribution >= 4 is 11.7 Å². The van der Waals surface area contributed by atoms with Crippen molar-refractivity contribution in [3.05, 3.63) is 53.2 Å². The molecule has 20 heavy (non-hydrogen) atoms. The van der Waals surface area contributed by atoms with E-state index in [9.17, 15) is 4.79 Å². The number of para-hydroxylation sites is 1. The fourth-order valence-corrected chi connectivity index (χ4v) is 2.23. The summed E-state index contributed by atoms with van der Waals surface area (Å²) in [7, 11) is 0.